The zero-order chi connectivity index (χ0) is 12.0. The van der Waals surface area contributed by atoms with Gasteiger partial charge in [0, 0.05) is 18.1 Å². The Morgan fingerprint density at radius 3 is 2.88 bits per heavy atom. The summed E-state index contributed by atoms with van der Waals surface area (Å²) in [5.74, 6) is -0.171. The van der Waals surface area contributed by atoms with Crippen LogP contribution in [0, 0.1) is 5.82 Å². The molecule has 0 saturated carbocycles. The molecule has 0 aliphatic carbocycles. The van der Waals surface area contributed by atoms with E-state index < -0.39 is 0 Å². The topological polar surface area (TPSA) is 17.0 Å². The van der Waals surface area contributed by atoms with Gasteiger partial charge >= 0.3 is 0 Å². The van der Waals surface area contributed by atoms with Crippen LogP contribution in [0.15, 0.2) is 24.3 Å². The highest BCUT2D eigenvalue weighted by atomic mass is 19.1. The number of nitrogens with one attached hydrogen (secondary N) is 1. The summed E-state index contributed by atoms with van der Waals surface area (Å²) in [4.78, 5) is 0. The Kier molecular flexibility index (Phi) is 2.26. The van der Waals surface area contributed by atoms with Crippen molar-refractivity contribution in [3.8, 4) is 0 Å². The first-order valence-electron chi connectivity index (χ1n) is 6.11. The van der Waals surface area contributed by atoms with Crippen molar-refractivity contribution in [3.05, 3.63) is 35.8 Å². The highest BCUT2D eigenvalue weighted by Gasteiger charge is 2.32. The fraction of sp³-hybridized carbons (Fsp3) is 0.429. The quantitative estimate of drug-likeness (QED) is 0.800. The zero-order valence-corrected chi connectivity index (χ0v) is 10.3. The molecule has 0 spiro atoms. The lowest BCUT2D eigenvalue weighted by molar-refractivity contribution is 0.410. The Morgan fingerprint density at radius 2 is 2.18 bits per heavy atom. The lowest BCUT2D eigenvalue weighted by Gasteiger charge is -2.25. The predicted molar refractivity (Wildman–Crippen MR) is 67.5 cm³/mol. The van der Waals surface area contributed by atoms with Crippen LogP contribution in [0.2, 0.25) is 0 Å². The van der Waals surface area contributed by atoms with E-state index in [1.54, 1.807) is 6.07 Å². The van der Waals surface area contributed by atoms with Crippen molar-refractivity contribution in [3.63, 3.8) is 0 Å². The van der Waals surface area contributed by atoms with Crippen LogP contribution in [0.1, 0.15) is 25.5 Å². The number of benzene rings is 1. The van der Waals surface area contributed by atoms with Crippen LogP contribution in [0.25, 0.3) is 10.9 Å². The normalized spacial score (nSPS) is 24.6. The Hall–Kier alpha value is -1.35. The average molecular weight is 232 g/mol. The SMILES string of the molecule is Cn1c([C@@]2(C)CCCN2)cc2ccc(F)cc21. The van der Waals surface area contributed by atoms with E-state index in [-0.39, 0.29) is 11.4 Å². The van der Waals surface area contributed by atoms with Crippen molar-refractivity contribution in [2.45, 2.75) is 25.3 Å². The van der Waals surface area contributed by atoms with Crippen LogP contribution in [0.3, 0.4) is 0 Å². The molecule has 1 N–H and O–H groups in total. The second kappa shape index (κ2) is 3.57. The molecule has 0 amide bonds. The Balaban J connectivity index is 2.20. The standard InChI is InChI=1S/C14H17FN2/c1-14(6-3-7-16-14)13-8-10-4-5-11(15)9-12(10)17(13)2/h4-5,8-9,16H,3,6-7H2,1-2H3/t14-/m1/s1. The summed E-state index contributed by atoms with van der Waals surface area (Å²) in [5.41, 5.74) is 2.25. The fourth-order valence-corrected chi connectivity index (χ4v) is 2.95. The molecule has 0 bridgehead atoms. The minimum atomic E-state index is -0.171. The number of halogens is 1. The van der Waals surface area contributed by atoms with Crippen LogP contribution >= 0.6 is 0 Å². The van der Waals surface area contributed by atoms with E-state index in [0.717, 1.165) is 23.9 Å². The summed E-state index contributed by atoms with van der Waals surface area (Å²) in [7, 11) is 2.02. The average Bonchev–Trinajstić information content (AvgIpc) is 2.86. The van der Waals surface area contributed by atoms with Gasteiger partial charge in [0.1, 0.15) is 5.82 Å². The molecule has 1 atom stereocenters. The van der Waals surface area contributed by atoms with Gasteiger partial charge in [-0.2, -0.15) is 0 Å². The number of rotatable bonds is 1. The van der Waals surface area contributed by atoms with E-state index in [1.807, 2.05) is 13.1 Å². The molecule has 1 fully saturated rings. The zero-order valence-electron chi connectivity index (χ0n) is 10.3. The highest BCUT2D eigenvalue weighted by Crippen LogP contribution is 2.33. The summed E-state index contributed by atoms with van der Waals surface area (Å²) in [5, 5.41) is 4.66. The summed E-state index contributed by atoms with van der Waals surface area (Å²) in [6.07, 6.45) is 2.34. The van der Waals surface area contributed by atoms with Gasteiger partial charge in [0.25, 0.3) is 0 Å². The lowest BCUT2D eigenvalue weighted by Crippen LogP contribution is -2.34. The molecule has 0 unspecified atom stereocenters. The van der Waals surface area contributed by atoms with Gasteiger partial charge in [-0.05, 0) is 50.6 Å². The predicted octanol–water partition coefficient (Wildman–Crippen LogP) is 2.92. The molecule has 1 aromatic carbocycles. The van der Waals surface area contributed by atoms with Crippen LogP contribution in [0.5, 0.6) is 0 Å². The van der Waals surface area contributed by atoms with E-state index in [1.165, 1.54) is 18.2 Å². The van der Waals surface area contributed by atoms with Gasteiger partial charge < -0.3 is 9.88 Å². The second-order valence-corrected chi connectivity index (χ2v) is 5.15. The molecule has 2 nitrogen and oxygen atoms in total. The van der Waals surface area contributed by atoms with Gasteiger partial charge in [-0.15, -0.1) is 0 Å². The van der Waals surface area contributed by atoms with E-state index in [0.29, 0.717) is 0 Å². The van der Waals surface area contributed by atoms with Crippen molar-refractivity contribution >= 4 is 10.9 Å². The molecule has 2 heterocycles. The summed E-state index contributed by atoms with van der Waals surface area (Å²) >= 11 is 0. The molecule has 17 heavy (non-hydrogen) atoms. The monoisotopic (exact) mass is 232 g/mol. The molecular weight excluding hydrogens is 215 g/mol. The van der Waals surface area contributed by atoms with E-state index in [9.17, 15) is 4.39 Å². The summed E-state index contributed by atoms with van der Waals surface area (Å²) in [6.45, 7) is 3.29. The van der Waals surface area contributed by atoms with Gasteiger partial charge in [-0.3, -0.25) is 0 Å². The third-order valence-electron chi connectivity index (χ3n) is 3.94. The minimum Gasteiger partial charge on any atom is -0.346 e. The van der Waals surface area contributed by atoms with Gasteiger partial charge in [0.15, 0.2) is 0 Å². The lowest BCUT2D eigenvalue weighted by atomic mass is 9.96. The van der Waals surface area contributed by atoms with Gasteiger partial charge in [0.05, 0.1) is 11.1 Å². The molecule has 1 aromatic heterocycles. The van der Waals surface area contributed by atoms with Crippen LogP contribution < -0.4 is 5.32 Å². The molecule has 3 rings (SSSR count). The largest absolute Gasteiger partial charge is 0.346 e. The molecule has 3 heteroatoms. The summed E-state index contributed by atoms with van der Waals surface area (Å²) in [6, 6.07) is 7.16. The van der Waals surface area contributed by atoms with Crippen molar-refractivity contribution < 1.29 is 4.39 Å². The van der Waals surface area contributed by atoms with Crippen LogP contribution in [-0.4, -0.2) is 11.1 Å². The maximum atomic E-state index is 13.3. The Bertz CT molecular complexity index is 565. The van der Waals surface area contributed by atoms with Crippen molar-refractivity contribution in [2.24, 2.45) is 7.05 Å². The first kappa shape index (κ1) is 10.8. The second-order valence-electron chi connectivity index (χ2n) is 5.15. The first-order valence-corrected chi connectivity index (χ1v) is 6.11. The molecule has 2 aromatic rings. The first-order chi connectivity index (χ1) is 8.10. The molecule has 0 radical (unpaired) electrons. The molecule has 1 saturated heterocycles. The molecular formula is C14H17FN2. The van der Waals surface area contributed by atoms with Crippen molar-refractivity contribution in [1.29, 1.82) is 0 Å². The minimum absolute atomic E-state index is 0.0320. The van der Waals surface area contributed by atoms with E-state index in [4.69, 9.17) is 0 Å². The number of nitrogens with zero attached hydrogens (tertiary/aromatic N) is 1. The third kappa shape index (κ3) is 1.57. The molecule has 1 aliphatic rings. The molecule has 90 valence electrons. The maximum absolute atomic E-state index is 13.3. The molecule has 1 aliphatic heterocycles. The smallest absolute Gasteiger partial charge is 0.125 e. The summed E-state index contributed by atoms with van der Waals surface area (Å²) < 4.78 is 15.4. The Labute approximate surface area is 100 Å². The van der Waals surface area contributed by atoms with Gasteiger partial charge in [0.2, 0.25) is 0 Å². The van der Waals surface area contributed by atoms with Crippen LogP contribution in [-0.2, 0) is 12.6 Å². The Morgan fingerprint density at radius 1 is 1.35 bits per heavy atom. The van der Waals surface area contributed by atoms with Crippen molar-refractivity contribution in [2.75, 3.05) is 6.54 Å². The number of aryl methyl sites for hydroxylation is 1. The fourth-order valence-electron chi connectivity index (χ4n) is 2.95. The van der Waals surface area contributed by atoms with E-state index in [2.05, 4.69) is 22.9 Å². The maximum Gasteiger partial charge on any atom is 0.125 e. The highest BCUT2D eigenvalue weighted by molar-refractivity contribution is 5.81. The number of hydrogen-bond donors (Lipinski definition) is 1. The van der Waals surface area contributed by atoms with Gasteiger partial charge in [-0.1, -0.05) is 0 Å². The number of fused-ring (bicyclic) bond motifs is 1. The van der Waals surface area contributed by atoms with Crippen molar-refractivity contribution in [1.82, 2.24) is 9.88 Å². The third-order valence-corrected chi connectivity index (χ3v) is 3.94. The van der Waals surface area contributed by atoms with E-state index >= 15 is 0 Å². The number of hydrogen-bond acceptors (Lipinski definition) is 1. The van der Waals surface area contributed by atoms with Gasteiger partial charge in [-0.25, -0.2) is 4.39 Å². The number of aromatic nitrogens is 1. The van der Waals surface area contributed by atoms with Crippen LogP contribution in [0.4, 0.5) is 4.39 Å².